The Morgan fingerprint density at radius 1 is 1.29 bits per heavy atom. The van der Waals surface area contributed by atoms with E-state index in [0.29, 0.717) is 0 Å². The highest BCUT2D eigenvalue weighted by Gasteiger charge is 2.44. The molecule has 0 bridgehead atoms. The van der Waals surface area contributed by atoms with E-state index in [1.165, 1.54) is 18.4 Å². The van der Waals surface area contributed by atoms with Gasteiger partial charge in [0.05, 0.1) is 0 Å². The molecule has 2 N–H and O–H groups in total. The van der Waals surface area contributed by atoms with Gasteiger partial charge in [0.1, 0.15) is 0 Å². The smallest absolute Gasteiger partial charge is 0.191 e. The van der Waals surface area contributed by atoms with Crippen molar-refractivity contribution in [3.63, 3.8) is 0 Å². The maximum Gasteiger partial charge on any atom is 0.191 e. The van der Waals surface area contributed by atoms with Gasteiger partial charge in [0, 0.05) is 35.6 Å². The highest BCUT2D eigenvalue weighted by molar-refractivity contribution is 14.0. The molecular formula is C18H30BrIN4. The third-order valence-corrected chi connectivity index (χ3v) is 5.50. The molecule has 136 valence electrons. The summed E-state index contributed by atoms with van der Waals surface area (Å²) in [5.74, 6) is 0.876. The second-order valence-corrected chi connectivity index (χ2v) is 8.19. The summed E-state index contributed by atoms with van der Waals surface area (Å²) >= 11 is 3.58. The number of hydrogen-bond donors (Lipinski definition) is 2. The molecule has 0 spiro atoms. The van der Waals surface area contributed by atoms with Gasteiger partial charge in [-0.2, -0.15) is 0 Å². The summed E-state index contributed by atoms with van der Waals surface area (Å²) in [6.45, 7) is 6.21. The van der Waals surface area contributed by atoms with E-state index < -0.39 is 0 Å². The van der Waals surface area contributed by atoms with Gasteiger partial charge in [0.25, 0.3) is 0 Å². The third kappa shape index (κ3) is 5.59. The number of hydrogen-bond acceptors (Lipinski definition) is 2. The molecule has 0 amide bonds. The summed E-state index contributed by atoms with van der Waals surface area (Å²) in [5.41, 5.74) is 1.75. The van der Waals surface area contributed by atoms with Crippen molar-refractivity contribution in [3.8, 4) is 0 Å². The fourth-order valence-corrected chi connectivity index (χ4v) is 2.87. The average molecular weight is 509 g/mol. The minimum atomic E-state index is 0. The molecule has 1 aliphatic carbocycles. The van der Waals surface area contributed by atoms with E-state index in [1.54, 1.807) is 0 Å². The standard InChI is InChI=1S/C18H29BrN4.HI/c1-17(2,23(4)5)12-21-16(20-3)22-13-18(9-10-18)14-7-6-8-15(19)11-14;/h6-8,11H,9-10,12-13H2,1-5H3,(H2,20,21,22);1H. The van der Waals surface area contributed by atoms with Crippen LogP contribution in [0.25, 0.3) is 0 Å². The number of benzene rings is 1. The SMILES string of the molecule is CN=C(NCC1(c2cccc(Br)c2)CC1)NCC(C)(C)N(C)C.I. The normalized spacial score (nSPS) is 16.5. The first-order valence-electron chi connectivity index (χ1n) is 8.17. The predicted molar refractivity (Wildman–Crippen MR) is 118 cm³/mol. The van der Waals surface area contributed by atoms with Crippen molar-refractivity contribution in [2.24, 2.45) is 4.99 Å². The largest absolute Gasteiger partial charge is 0.356 e. The third-order valence-electron chi connectivity index (χ3n) is 5.01. The van der Waals surface area contributed by atoms with Gasteiger partial charge in [0.2, 0.25) is 0 Å². The van der Waals surface area contributed by atoms with Crippen molar-refractivity contribution in [1.82, 2.24) is 15.5 Å². The Hall–Kier alpha value is -0.340. The molecule has 1 saturated carbocycles. The fraction of sp³-hybridized carbons (Fsp3) is 0.611. The van der Waals surface area contributed by atoms with Crippen LogP contribution in [0.4, 0.5) is 0 Å². The van der Waals surface area contributed by atoms with Crippen LogP contribution in [-0.2, 0) is 5.41 Å². The van der Waals surface area contributed by atoms with Gasteiger partial charge in [-0.15, -0.1) is 24.0 Å². The van der Waals surface area contributed by atoms with Crippen LogP contribution in [0.5, 0.6) is 0 Å². The van der Waals surface area contributed by atoms with Crippen LogP contribution >= 0.6 is 39.9 Å². The first-order valence-corrected chi connectivity index (χ1v) is 8.96. The van der Waals surface area contributed by atoms with Crippen LogP contribution in [0.15, 0.2) is 33.7 Å². The van der Waals surface area contributed by atoms with Gasteiger partial charge in [0.15, 0.2) is 5.96 Å². The Labute approximate surface area is 172 Å². The molecule has 0 heterocycles. The van der Waals surface area contributed by atoms with E-state index in [4.69, 9.17) is 0 Å². The zero-order chi connectivity index (χ0) is 17.1. The van der Waals surface area contributed by atoms with Crippen LogP contribution < -0.4 is 10.6 Å². The van der Waals surface area contributed by atoms with Crippen molar-refractivity contribution >= 4 is 45.9 Å². The minimum absolute atomic E-state index is 0. The van der Waals surface area contributed by atoms with E-state index in [-0.39, 0.29) is 34.9 Å². The molecule has 0 saturated heterocycles. The number of guanidine groups is 1. The molecule has 0 radical (unpaired) electrons. The molecule has 0 unspecified atom stereocenters. The highest BCUT2D eigenvalue weighted by Crippen LogP contribution is 2.48. The maximum absolute atomic E-state index is 4.36. The second-order valence-electron chi connectivity index (χ2n) is 7.28. The van der Waals surface area contributed by atoms with Crippen LogP contribution in [0.3, 0.4) is 0 Å². The average Bonchev–Trinajstić information content (AvgIpc) is 3.28. The van der Waals surface area contributed by atoms with E-state index in [2.05, 4.69) is 88.7 Å². The number of aliphatic imine (C=N–C) groups is 1. The highest BCUT2D eigenvalue weighted by atomic mass is 127. The van der Waals surface area contributed by atoms with Gasteiger partial charge in [-0.3, -0.25) is 4.99 Å². The summed E-state index contributed by atoms with van der Waals surface area (Å²) in [6.07, 6.45) is 2.47. The monoisotopic (exact) mass is 508 g/mol. The summed E-state index contributed by atoms with van der Waals surface area (Å²) in [7, 11) is 6.03. The van der Waals surface area contributed by atoms with Gasteiger partial charge < -0.3 is 15.5 Å². The van der Waals surface area contributed by atoms with E-state index in [1.807, 2.05) is 7.05 Å². The number of likely N-dealkylation sites (N-methyl/N-ethyl adjacent to an activating group) is 1. The Morgan fingerprint density at radius 2 is 1.96 bits per heavy atom. The minimum Gasteiger partial charge on any atom is -0.356 e. The van der Waals surface area contributed by atoms with Gasteiger partial charge in [-0.05, 0) is 58.5 Å². The van der Waals surface area contributed by atoms with Crippen LogP contribution in [0.2, 0.25) is 0 Å². The molecule has 4 nitrogen and oxygen atoms in total. The second kappa shape index (κ2) is 8.85. The first kappa shape index (κ1) is 21.7. The van der Waals surface area contributed by atoms with E-state index >= 15 is 0 Å². The van der Waals surface area contributed by atoms with Crippen molar-refractivity contribution in [2.45, 2.75) is 37.6 Å². The Kier molecular flexibility index (Phi) is 8.00. The molecule has 6 heteroatoms. The number of nitrogens with zero attached hydrogens (tertiary/aromatic N) is 2. The lowest BCUT2D eigenvalue weighted by Gasteiger charge is -2.33. The molecule has 0 atom stereocenters. The first-order chi connectivity index (χ1) is 10.8. The predicted octanol–water partition coefficient (Wildman–Crippen LogP) is 3.60. The summed E-state index contributed by atoms with van der Waals surface area (Å²) in [6, 6.07) is 8.66. The summed E-state index contributed by atoms with van der Waals surface area (Å²) in [4.78, 5) is 6.58. The number of halogens is 2. The summed E-state index contributed by atoms with van der Waals surface area (Å²) < 4.78 is 1.15. The van der Waals surface area contributed by atoms with Gasteiger partial charge in [-0.25, -0.2) is 0 Å². The Balaban J connectivity index is 0.00000288. The number of nitrogens with one attached hydrogen (secondary N) is 2. The van der Waals surface area contributed by atoms with Crippen molar-refractivity contribution < 1.29 is 0 Å². The van der Waals surface area contributed by atoms with Crippen molar-refractivity contribution in [2.75, 3.05) is 34.2 Å². The van der Waals surface area contributed by atoms with E-state index in [0.717, 1.165) is 23.5 Å². The lowest BCUT2D eigenvalue weighted by Crippen LogP contribution is -2.51. The lowest BCUT2D eigenvalue weighted by atomic mass is 9.96. The van der Waals surface area contributed by atoms with Crippen molar-refractivity contribution in [1.29, 1.82) is 0 Å². The van der Waals surface area contributed by atoms with Crippen LogP contribution in [0.1, 0.15) is 32.3 Å². The van der Waals surface area contributed by atoms with Crippen molar-refractivity contribution in [3.05, 3.63) is 34.3 Å². The molecular weight excluding hydrogens is 479 g/mol. The molecule has 0 aliphatic heterocycles. The molecule has 2 rings (SSSR count). The molecule has 1 aliphatic rings. The summed E-state index contributed by atoms with van der Waals surface area (Å²) in [5, 5.41) is 6.95. The Morgan fingerprint density at radius 3 is 2.46 bits per heavy atom. The molecule has 24 heavy (non-hydrogen) atoms. The van der Waals surface area contributed by atoms with Crippen LogP contribution in [-0.4, -0.2) is 50.6 Å². The van der Waals surface area contributed by atoms with Crippen LogP contribution in [0, 0.1) is 0 Å². The maximum atomic E-state index is 4.36. The molecule has 1 fully saturated rings. The molecule has 1 aromatic carbocycles. The zero-order valence-corrected chi connectivity index (χ0v) is 19.2. The quantitative estimate of drug-likeness (QED) is 0.350. The molecule has 0 aromatic heterocycles. The molecule has 1 aromatic rings. The zero-order valence-electron chi connectivity index (χ0n) is 15.3. The fourth-order valence-electron chi connectivity index (χ4n) is 2.47. The van der Waals surface area contributed by atoms with Gasteiger partial charge in [-0.1, -0.05) is 28.1 Å². The van der Waals surface area contributed by atoms with Gasteiger partial charge >= 0.3 is 0 Å². The van der Waals surface area contributed by atoms with E-state index in [9.17, 15) is 0 Å². The number of rotatable bonds is 6. The topological polar surface area (TPSA) is 39.7 Å². The Bertz CT molecular complexity index is 568. The lowest BCUT2D eigenvalue weighted by molar-refractivity contribution is 0.197.